The summed E-state index contributed by atoms with van der Waals surface area (Å²) in [6, 6.07) is 5.22. The molecule has 0 aromatic heterocycles. The summed E-state index contributed by atoms with van der Waals surface area (Å²) in [6.07, 6.45) is 3.25. The fourth-order valence-corrected chi connectivity index (χ4v) is 2.71. The van der Waals surface area contributed by atoms with Gasteiger partial charge in [0.15, 0.2) is 0 Å². The zero-order chi connectivity index (χ0) is 17.0. The van der Waals surface area contributed by atoms with E-state index in [-0.39, 0.29) is 17.7 Å². The minimum atomic E-state index is -0.0623. The first kappa shape index (κ1) is 17.8. The molecule has 1 aromatic carbocycles. The highest BCUT2D eigenvalue weighted by Crippen LogP contribution is 2.23. The molecule has 0 radical (unpaired) electrons. The Morgan fingerprint density at radius 3 is 2.22 bits per heavy atom. The van der Waals surface area contributed by atoms with Crippen molar-refractivity contribution in [1.29, 1.82) is 0 Å². The summed E-state index contributed by atoms with van der Waals surface area (Å²) in [4.78, 5) is 27.7. The lowest BCUT2D eigenvalue weighted by Crippen LogP contribution is -2.51. The smallest absolute Gasteiger partial charge is 0.246 e. The molecule has 0 spiro atoms. The molecule has 1 aromatic rings. The fraction of sp³-hybridized carbons (Fsp3) is 0.412. The van der Waals surface area contributed by atoms with E-state index >= 15 is 0 Å². The Hall–Kier alpha value is -1.52. The summed E-state index contributed by atoms with van der Waals surface area (Å²) >= 11 is 11.8. The van der Waals surface area contributed by atoms with Crippen molar-refractivity contribution >= 4 is 41.1 Å². The van der Waals surface area contributed by atoms with Gasteiger partial charge >= 0.3 is 0 Å². The highest BCUT2D eigenvalue weighted by atomic mass is 35.5. The van der Waals surface area contributed by atoms with Crippen molar-refractivity contribution in [3.05, 3.63) is 39.9 Å². The van der Waals surface area contributed by atoms with Gasteiger partial charge in [0.25, 0.3) is 0 Å². The third-order valence-corrected chi connectivity index (χ3v) is 4.50. The average Bonchev–Trinajstić information content (AvgIpc) is 2.55. The summed E-state index contributed by atoms with van der Waals surface area (Å²) in [5, 5.41) is 0.947. The summed E-state index contributed by atoms with van der Waals surface area (Å²) < 4.78 is 0. The number of carbonyl (C=O) groups is 2. The van der Waals surface area contributed by atoms with Crippen LogP contribution in [0, 0.1) is 5.92 Å². The molecule has 0 N–H and O–H groups in total. The Morgan fingerprint density at radius 1 is 1.04 bits per heavy atom. The molecule has 1 heterocycles. The molecule has 1 fully saturated rings. The highest BCUT2D eigenvalue weighted by molar-refractivity contribution is 6.42. The van der Waals surface area contributed by atoms with E-state index in [1.807, 2.05) is 18.7 Å². The molecule has 0 aliphatic carbocycles. The molecule has 2 rings (SSSR count). The first-order chi connectivity index (χ1) is 10.9. The summed E-state index contributed by atoms with van der Waals surface area (Å²) in [6.45, 7) is 6.07. The van der Waals surface area contributed by atoms with Gasteiger partial charge in [-0.1, -0.05) is 43.1 Å². The summed E-state index contributed by atoms with van der Waals surface area (Å²) in [7, 11) is 0. The second-order valence-electron chi connectivity index (χ2n) is 5.81. The molecular weight excluding hydrogens is 335 g/mol. The van der Waals surface area contributed by atoms with Gasteiger partial charge in [0, 0.05) is 38.2 Å². The Bertz CT molecular complexity index is 621. The maximum Gasteiger partial charge on any atom is 0.246 e. The van der Waals surface area contributed by atoms with Crippen LogP contribution >= 0.6 is 23.2 Å². The predicted octanol–water partition coefficient (Wildman–Crippen LogP) is 3.33. The second-order valence-corrected chi connectivity index (χ2v) is 6.63. The van der Waals surface area contributed by atoms with Crippen molar-refractivity contribution in [2.75, 3.05) is 26.2 Å². The van der Waals surface area contributed by atoms with Crippen LogP contribution in [0.5, 0.6) is 0 Å². The Morgan fingerprint density at radius 2 is 1.65 bits per heavy atom. The van der Waals surface area contributed by atoms with E-state index in [2.05, 4.69) is 0 Å². The van der Waals surface area contributed by atoms with Gasteiger partial charge in [-0.2, -0.15) is 0 Å². The van der Waals surface area contributed by atoms with Gasteiger partial charge in [-0.25, -0.2) is 0 Å². The van der Waals surface area contributed by atoms with Crippen molar-refractivity contribution in [2.24, 2.45) is 5.92 Å². The average molecular weight is 355 g/mol. The van der Waals surface area contributed by atoms with E-state index in [0.29, 0.717) is 36.2 Å². The molecule has 0 saturated carbocycles. The van der Waals surface area contributed by atoms with Crippen LogP contribution < -0.4 is 0 Å². The number of carbonyl (C=O) groups excluding carboxylic acids is 2. The lowest BCUT2D eigenvalue weighted by atomic mass is 10.1. The van der Waals surface area contributed by atoms with Crippen molar-refractivity contribution < 1.29 is 9.59 Å². The van der Waals surface area contributed by atoms with Crippen molar-refractivity contribution in [3.63, 3.8) is 0 Å². The van der Waals surface area contributed by atoms with Crippen molar-refractivity contribution in [2.45, 2.75) is 13.8 Å². The van der Waals surface area contributed by atoms with E-state index in [4.69, 9.17) is 23.2 Å². The quantitative estimate of drug-likeness (QED) is 0.781. The molecule has 23 heavy (non-hydrogen) atoms. The largest absolute Gasteiger partial charge is 0.339 e. The van der Waals surface area contributed by atoms with Gasteiger partial charge in [0.2, 0.25) is 11.8 Å². The maximum absolute atomic E-state index is 12.2. The predicted molar refractivity (Wildman–Crippen MR) is 93.5 cm³/mol. The first-order valence-corrected chi connectivity index (χ1v) is 8.35. The van der Waals surface area contributed by atoms with Crippen LogP contribution in [-0.2, 0) is 9.59 Å². The molecule has 0 bridgehead atoms. The molecule has 0 atom stereocenters. The zero-order valence-corrected chi connectivity index (χ0v) is 14.8. The number of piperazine rings is 1. The van der Waals surface area contributed by atoms with E-state index in [1.165, 1.54) is 6.08 Å². The summed E-state index contributed by atoms with van der Waals surface area (Å²) in [5.41, 5.74) is 0.821. The van der Waals surface area contributed by atoms with Crippen LogP contribution in [0.25, 0.3) is 6.08 Å². The molecule has 2 amide bonds. The molecule has 1 aliphatic rings. The van der Waals surface area contributed by atoms with Crippen molar-refractivity contribution in [1.82, 2.24) is 9.80 Å². The third-order valence-electron chi connectivity index (χ3n) is 3.76. The second kappa shape index (κ2) is 7.84. The number of nitrogens with zero attached hydrogens (tertiary/aromatic N) is 2. The van der Waals surface area contributed by atoms with Gasteiger partial charge in [0.05, 0.1) is 10.0 Å². The first-order valence-electron chi connectivity index (χ1n) is 7.59. The van der Waals surface area contributed by atoms with Gasteiger partial charge < -0.3 is 9.80 Å². The van der Waals surface area contributed by atoms with Crippen molar-refractivity contribution in [3.8, 4) is 0 Å². The number of halogens is 2. The van der Waals surface area contributed by atoms with Gasteiger partial charge in [0.1, 0.15) is 0 Å². The number of amides is 2. The third kappa shape index (κ3) is 4.72. The number of hydrogen-bond donors (Lipinski definition) is 0. The fourth-order valence-electron chi connectivity index (χ4n) is 2.40. The normalized spacial score (nSPS) is 15.5. The van der Waals surface area contributed by atoms with Gasteiger partial charge in [-0.15, -0.1) is 0 Å². The minimum absolute atomic E-state index is 0.00759. The standard InChI is InChI=1S/C17H20Cl2N2O2/c1-12(2)17(23)21-9-7-20(8-10-21)16(22)6-4-13-3-5-14(18)15(19)11-13/h3-6,11-12H,7-10H2,1-2H3. The monoisotopic (exact) mass is 354 g/mol. The molecule has 6 heteroatoms. The Kier molecular flexibility index (Phi) is 6.08. The van der Waals surface area contributed by atoms with Gasteiger partial charge in [-0.05, 0) is 23.8 Å². The van der Waals surface area contributed by atoms with E-state index in [0.717, 1.165) is 5.56 Å². The van der Waals surface area contributed by atoms with E-state index < -0.39 is 0 Å². The Balaban J connectivity index is 1.91. The number of benzene rings is 1. The van der Waals surface area contributed by atoms with Crippen LogP contribution in [0.3, 0.4) is 0 Å². The van der Waals surface area contributed by atoms with Gasteiger partial charge in [-0.3, -0.25) is 9.59 Å². The van der Waals surface area contributed by atoms with E-state index in [9.17, 15) is 9.59 Å². The van der Waals surface area contributed by atoms with Crippen LogP contribution in [0.2, 0.25) is 10.0 Å². The molecule has 1 aliphatic heterocycles. The topological polar surface area (TPSA) is 40.6 Å². The van der Waals surface area contributed by atoms with E-state index in [1.54, 1.807) is 29.2 Å². The van der Waals surface area contributed by atoms with Crippen LogP contribution in [0.4, 0.5) is 0 Å². The minimum Gasteiger partial charge on any atom is -0.339 e. The van der Waals surface area contributed by atoms with Crippen LogP contribution in [-0.4, -0.2) is 47.8 Å². The number of rotatable bonds is 3. The summed E-state index contributed by atoms with van der Waals surface area (Å²) in [5.74, 6) is 0.0722. The maximum atomic E-state index is 12.2. The molecular formula is C17H20Cl2N2O2. The van der Waals surface area contributed by atoms with Crippen LogP contribution in [0.15, 0.2) is 24.3 Å². The lowest BCUT2D eigenvalue weighted by molar-refractivity contribution is -0.139. The number of hydrogen-bond acceptors (Lipinski definition) is 2. The molecule has 4 nitrogen and oxygen atoms in total. The molecule has 1 saturated heterocycles. The van der Waals surface area contributed by atoms with Crippen LogP contribution in [0.1, 0.15) is 19.4 Å². The highest BCUT2D eigenvalue weighted by Gasteiger charge is 2.24. The zero-order valence-electron chi connectivity index (χ0n) is 13.3. The Labute approximate surface area is 146 Å². The molecule has 0 unspecified atom stereocenters. The lowest BCUT2D eigenvalue weighted by Gasteiger charge is -2.35. The molecule has 124 valence electrons. The SMILES string of the molecule is CC(C)C(=O)N1CCN(C(=O)C=Cc2ccc(Cl)c(Cl)c2)CC1.